The molecule has 11 heavy (non-hydrogen) atoms. The molecule has 0 aliphatic heterocycles. The molecule has 66 valence electrons. The van der Waals surface area contributed by atoms with Crippen molar-refractivity contribution >= 4 is 11.6 Å². The summed E-state index contributed by atoms with van der Waals surface area (Å²) in [6.45, 7) is 0. The van der Waals surface area contributed by atoms with Gasteiger partial charge in [0.05, 0.1) is 0 Å². The predicted octanol–water partition coefficient (Wildman–Crippen LogP) is 1.45. The summed E-state index contributed by atoms with van der Waals surface area (Å²) in [5.74, 6) is 4.89. The fourth-order valence-electron chi connectivity index (χ4n) is 1.27. The summed E-state index contributed by atoms with van der Waals surface area (Å²) in [6, 6.07) is -1.07. The second kappa shape index (κ2) is 3.21. The molecule has 1 atom stereocenters. The first-order valence-corrected chi connectivity index (χ1v) is 3.96. The zero-order valence-corrected chi connectivity index (χ0v) is 6.74. The van der Waals surface area contributed by atoms with E-state index in [-0.39, 0.29) is 5.92 Å². The van der Waals surface area contributed by atoms with Gasteiger partial charge in [-0.05, 0) is 30.4 Å². The van der Waals surface area contributed by atoms with Crippen molar-refractivity contribution in [2.24, 2.45) is 11.8 Å². The molecule has 0 heterocycles. The molecule has 2 nitrogen and oxygen atoms in total. The van der Waals surface area contributed by atoms with Gasteiger partial charge in [-0.15, -0.1) is 0 Å². The van der Waals surface area contributed by atoms with Crippen molar-refractivity contribution in [2.75, 3.05) is 0 Å². The van der Waals surface area contributed by atoms with Crippen molar-refractivity contribution in [1.82, 2.24) is 5.43 Å². The van der Waals surface area contributed by atoms with E-state index in [0.717, 1.165) is 19.3 Å². The van der Waals surface area contributed by atoms with E-state index in [2.05, 4.69) is 5.43 Å². The Morgan fingerprint density at radius 3 is 2.18 bits per heavy atom. The molecule has 1 unspecified atom stereocenters. The average molecular weight is 185 g/mol. The molecule has 0 aromatic heterocycles. The summed E-state index contributed by atoms with van der Waals surface area (Å²) in [4.78, 5) is 0. The normalized spacial score (nSPS) is 22.9. The van der Waals surface area contributed by atoms with Crippen LogP contribution in [0.2, 0.25) is 0 Å². The van der Waals surface area contributed by atoms with Gasteiger partial charge in [0.1, 0.15) is 6.04 Å². The fourth-order valence-corrected chi connectivity index (χ4v) is 1.51. The van der Waals surface area contributed by atoms with E-state index in [4.69, 9.17) is 17.4 Å². The van der Waals surface area contributed by atoms with Crippen LogP contribution in [0.5, 0.6) is 0 Å². The van der Waals surface area contributed by atoms with E-state index in [0.29, 0.717) is 0 Å². The number of hydrazine groups is 1. The summed E-state index contributed by atoms with van der Waals surface area (Å²) < 4.78 is 25.0. The summed E-state index contributed by atoms with van der Waals surface area (Å²) in [7, 11) is 0. The molecule has 0 amide bonds. The van der Waals surface area contributed by atoms with Crippen LogP contribution in [0.25, 0.3) is 0 Å². The third-order valence-corrected chi connectivity index (χ3v) is 2.39. The van der Waals surface area contributed by atoms with Crippen molar-refractivity contribution in [2.45, 2.75) is 30.7 Å². The summed E-state index contributed by atoms with van der Waals surface area (Å²) in [5, 5.41) is -3.22. The Bertz CT molecular complexity index is 133. The minimum Gasteiger partial charge on any atom is -0.271 e. The molecule has 0 aromatic rings. The van der Waals surface area contributed by atoms with Crippen LogP contribution >= 0.6 is 11.6 Å². The zero-order valence-electron chi connectivity index (χ0n) is 5.99. The van der Waals surface area contributed by atoms with Crippen molar-refractivity contribution in [3.63, 3.8) is 0 Å². The number of hydrogen-bond donors (Lipinski definition) is 2. The Morgan fingerprint density at radius 1 is 1.55 bits per heavy atom. The van der Waals surface area contributed by atoms with Crippen LogP contribution in [0.1, 0.15) is 19.3 Å². The monoisotopic (exact) mass is 184 g/mol. The molecule has 0 bridgehead atoms. The number of halogens is 3. The first-order valence-electron chi connectivity index (χ1n) is 3.58. The van der Waals surface area contributed by atoms with Crippen LogP contribution in [0.15, 0.2) is 0 Å². The van der Waals surface area contributed by atoms with Gasteiger partial charge in [-0.1, -0.05) is 6.42 Å². The van der Waals surface area contributed by atoms with E-state index >= 15 is 0 Å². The van der Waals surface area contributed by atoms with Gasteiger partial charge in [0.15, 0.2) is 0 Å². The quantitative estimate of drug-likeness (QED) is 0.396. The lowest BCUT2D eigenvalue weighted by molar-refractivity contribution is 0.00617. The molecule has 0 saturated heterocycles. The Labute approximate surface area is 69.1 Å². The second-order valence-corrected chi connectivity index (χ2v) is 3.38. The van der Waals surface area contributed by atoms with Gasteiger partial charge < -0.3 is 0 Å². The van der Waals surface area contributed by atoms with Crippen LogP contribution in [0.4, 0.5) is 8.78 Å². The van der Waals surface area contributed by atoms with E-state index in [1.54, 1.807) is 0 Å². The highest BCUT2D eigenvalue weighted by molar-refractivity contribution is 6.22. The van der Waals surface area contributed by atoms with Gasteiger partial charge in [-0.3, -0.25) is 5.84 Å². The summed E-state index contributed by atoms with van der Waals surface area (Å²) in [6.07, 6.45) is 2.57. The molecule has 1 rings (SSSR count). The first kappa shape index (κ1) is 9.16. The molecule has 1 aliphatic rings. The number of nitrogens with one attached hydrogen (secondary N) is 1. The van der Waals surface area contributed by atoms with Crippen molar-refractivity contribution in [1.29, 1.82) is 0 Å². The first-order chi connectivity index (χ1) is 5.05. The highest BCUT2D eigenvalue weighted by Gasteiger charge is 2.43. The largest absolute Gasteiger partial charge is 0.338 e. The molecule has 0 spiro atoms. The minimum atomic E-state index is -3.22. The average Bonchev–Trinajstić information content (AvgIpc) is 1.74. The molecule has 5 heteroatoms. The lowest BCUT2D eigenvalue weighted by atomic mass is 9.80. The van der Waals surface area contributed by atoms with Crippen molar-refractivity contribution in [3.05, 3.63) is 0 Å². The van der Waals surface area contributed by atoms with Gasteiger partial charge >= 0.3 is 5.38 Å². The van der Waals surface area contributed by atoms with Crippen molar-refractivity contribution in [3.8, 4) is 0 Å². The van der Waals surface area contributed by atoms with Gasteiger partial charge in [0, 0.05) is 0 Å². The molecule has 0 aromatic carbocycles. The predicted molar refractivity (Wildman–Crippen MR) is 39.3 cm³/mol. The van der Waals surface area contributed by atoms with Gasteiger partial charge in [-0.2, -0.15) is 8.78 Å². The second-order valence-electron chi connectivity index (χ2n) is 2.88. The Morgan fingerprint density at radius 2 is 2.09 bits per heavy atom. The summed E-state index contributed by atoms with van der Waals surface area (Å²) >= 11 is 4.83. The Hall–Kier alpha value is 0.0700. The maximum absolute atomic E-state index is 12.5. The van der Waals surface area contributed by atoms with E-state index in [1.807, 2.05) is 0 Å². The Balaban J connectivity index is 2.48. The molecular weight excluding hydrogens is 174 g/mol. The van der Waals surface area contributed by atoms with E-state index in [1.165, 1.54) is 0 Å². The SMILES string of the molecule is NNC(C1CCC1)C(F)(F)Cl. The Kier molecular flexibility index (Phi) is 2.67. The standard InChI is InChI=1S/C6H11ClF2N2/c7-6(8,9)5(11-10)4-2-1-3-4/h4-5,11H,1-3,10H2. The third-order valence-electron chi connectivity index (χ3n) is 2.15. The van der Waals surface area contributed by atoms with Crippen LogP contribution in [-0.4, -0.2) is 11.4 Å². The molecule has 1 aliphatic carbocycles. The lowest BCUT2D eigenvalue weighted by Crippen LogP contribution is -2.52. The van der Waals surface area contributed by atoms with E-state index < -0.39 is 11.4 Å². The molecule has 1 fully saturated rings. The topological polar surface area (TPSA) is 38.0 Å². The maximum Gasteiger partial charge on any atom is 0.338 e. The fraction of sp³-hybridized carbons (Fsp3) is 1.00. The van der Waals surface area contributed by atoms with E-state index in [9.17, 15) is 8.78 Å². The smallest absolute Gasteiger partial charge is 0.271 e. The van der Waals surface area contributed by atoms with Gasteiger partial charge in [0.2, 0.25) is 0 Å². The minimum absolute atomic E-state index is 0.0625. The molecular formula is C6H11ClF2N2. The molecule has 1 saturated carbocycles. The molecule has 3 N–H and O–H groups in total. The number of nitrogens with two attached hydrogens (primary N) is 1. The third kappa shape index (κ3) is 2.01. The van der Waals surface area contributed by atoms with Gasteiger partial charge in [-0.25, -0.2) is 5.43 Å². The lowest BCUT2D eigenvalue weighted by Gasteiger charge is -2.35. The zero-order chi connectivity index (χ0) is 8.48. The highest BCUT2D eigenvalue weighted by Crippen LogP contribution is 2.37. The maximum atomic E-state index is 12.5. The van der Waals surface area contributed by atoms with Crippen LogP contribution in [0, 0.1) is 5.92 Å². The van der Waals surface area contributed by atoms with Crippen molar-refractivity contribution < 1.29 is 8.78 Å². The van der Waals surface area contributed by atoms with Crippen LogP contribution < -0.4 is 11.3 Å². The number of rotatable bonds is 3. The number of hydrogen-bond acceptors (Lipinski definition) is 2. The highest BCUT2D eigenvalue weighted by atomic mass is 35.5. The van der Waals surface area contributed by atoms with Crippen LogP contribution in [0.3, 0.4) is 0 Å². The van der Waals surface area contributed by atoms with Gasteiger partial charge in [0.25, 0.3) is 0 Å². The van der Waals surface area contributed by atoms with Crippen LogP contribution in [-0.2, 0) is 0 Å². The number of alkyl halides is 3. The molecule has 0 radical (unpaired) electrons. The summed E-state index contributed by atoms with van der Waals surface area (Å²) in [5.41, 5.74) is 2.06.